The van der Waals surface area contributed by atoms with Gasteiger partial charge in [0.2, 0.25) is 0 Å². The lowest BCUT2D eigenvalue weighted by molar-refractivity contribution is -0.00245. The van der Waals surface area contributed by atoms with E-state index in [1.807, 2.05) is 6.92 Å². The van der Waals surface area contributed by atoms with Gasteiger partial charge in [-0.25, -0.2) is 0 Å². The Morgan fingerprint density at radius 2 is 2.11 bits per heavy atom. The molecule has 0 spiro atoms. The van der Waals surface area contributed by atoms with Gasteiger partial charge in [-0.05, 0) is 25.5 Å². The monoisotopic (exact) mass is 305 g/mol. The van der Waals surface area contributed by atoms with Gasteiger partial charge in [0, 0.05) is 24.1 Å². The number of aliphatic hydroxyl groups excluding tert-OH is 2. The zero-order chi connectivity index (χ0) is 14.2. The number of benzene rings is 1. The summed E-state index contributed by atoms with van der Waals surface area (Å²) >= 11 is 12.1. The predicted molar refractivity (Wildman–Crippen MR) is 74.7 cm³/mol. The molecule has 3 atom stereocenters. The smallest absolute Gasteiger partial charge is 0.120 e. The Kier molecular flexibility index (Phi) is 4.58. The Balaban J connectivity index is 2.28. The van der Waals surface area contributed by atoms with Crippen LogP contribution in [-0.4, -0.2) is 45.6 Å². The van der Waals surface area contributed by atoms with E-state index in [4.69, 9.17) is 23.2 Å². The van der Waals surface area contributed by atoms with Crippen LogP contribution >= 0.6 is 23.2 Å². The van der Waals surface area contributed by atoms with E-state index in [1.165, 1.54) is 6.07 Å². The summed E-state index contributed by atoms with van der Waals surface area (Å²) in [6.45, 7) is 2.33. The Morgan fingerprint density at radius 1 is 1.42 bits per heavy atom. The van der Waals surface area contributed by atoms with Crippen molar-refractivity contribution in [1.29, 1.82) is 0 Å². The minimum absolute atomic E-state index is 0.0287. The van der Waals surface area contributed by atoms with Gasteiger partial charge in [-0.3, -0.25) is 4.90 Å². The molecule has 1 saturated heterocycles. The van der Waals surface area contributed by atoms with Crippen LogP contribution in [0.25, 0.3) is 0 Å². The third-order valence-electron chi connectivity index (χ3n) is 3.66. The molecule has 1 aliphatic rings. The quantitative estimate of drug-likeness (QED) is 0.801. The number of halogens is 2. The SMILES string of the molecule is C[C@@H](CO)N1C[C@H](c2c(O)ccc(Cl)c2Cl)CC1O. The average Bonchev–Trinajstić information content (AvgIpc) is 2.75. The molecule has 2 rings (SSSR count). The summed E-state index contributed by atoms with van der Waals surface area (Å²) in [5.41, 5.74) is 0.570. The Labute approximate surface area is 122 Å². The molecule has 1 aromatic carbocycles. The molecule has 0 amide bonds. The van der Waals surface area contributed by atoms with Gasteiger partial charge >= 0.3 is 0 Å². The molecule has 1 aliphatic heterocycles. The van der Waals surface area contributed by atoms with E-state index < -0.39 is 6.23 Å². The molecule has 0 aromatic heterocycles. The molecular formula is C13H17Cl2NO3. The second-order valence-corrected chi connectivity index (χ2v) is 5.72. The molecule has 106 valence electrons. The molecule has 3 N–H and O–H groups in total. The van der Waals surface area contributed by atoms with Crippen LogP contribution in [-0.2, 0) is 0 Å². The molecular weight excluding hydrogens is 289 g/mol. The highest BCUT2D eigenvalue weighted by atomic mass is 35.5. The number of rotatable bonds is 3. The van der Waals surface area contributed by atoms with Crippen molar-refractivity contribution >= 4 is 23.2 Å². The fourth-order valence-corrected chi connectivity index (χ4v) is 3.05. The van der Waals surface area contributed by atoms with Gasteiger partial charge in [0.05, 0.1) is 16.7 Å². The number of nitrogens with zero attached hydrogens (tertiary/aromatic N) is 1. The van der Waals surface area contributed by atoms with E-state index in [-0.39, 0.29) is 24.3 Å². The maximum Gasteiger partial charge on any atom is 0.120 e. The number of phenolic OH excluding ortho intramolecular Hbond substituents is 1. The van der Waals surface area contributed by atoms with Crippen LogP contribution < -0.4 is 0 Å². The number of hydrogen-bond acceptors (Lipinski definition) is 4. The first-order chi connectivity index (χ1) is 8.95. The standard InChI is InChI=1S/C13H17Cl2NO3/c1-7(6-17)16-5-8(4-11(16)19)12-10(18)3-2-9(14)13(12)15/h2-3,7-8,11,17-19H,4-6H2,1H3/t7-,8+,11?/m0/s1. The van der Waals surface area contributed by atoms with E-state index >= 15 is 0 Å². The molecule has 1 aromatic rings. The van der Waals surface area contributed by atoms with E-state index in [1.54, 1.807) is 11.0 Å². The van der Waals surface area contributed by atoms with Crippen molar-refractivity contribution in [2.45, 2.75) is 31.5 Å². The van der Waals surface area contributed by atoms with Crippen molar-refractivity contribution in [3.63, 3.8) is 0 Å². The van der Waals surface area contributed by atoms with Crippen LogP contribution in [0.15, 0.2) is 12.1 Å². The molecule has 1 unspecified atom stereocenters. The lowest BCUT2D eigenvalue weighted by atomic mass is 9.97. The first kappa shape index (κ1) is 14.9. The van der Waals surface area contributed by atoms with Crippen molar-refractivity contribution in [3.05, 3.63) is 27.7 Å². The molecule has 1 fully saturated rings. The minimum atomic E-state index is -0.651. The average molecular weight is 306 g/mol. The number of aliphatic hydroxyl groups is 2. The van der Waals surface area contributed by atoms with Gasteiger partial charge in [-0.1, -0.05) is 23.2 Å². The summed E-state index contributed by atoms with van der Waals surface area (Å²) in [6, 6.07) is 2.91. The largest absolute Gasteiger partial charge is 0.508 e. The Morgan fingerprint density at radius 3 is 2.74 bits per heavy atom. The van der Waals surface area contributed by atoms with Gasteiger partial charge in [0.1, 0.15) is 12.0 Å². The second kappa shape index (κ2) is 5.85. The van der Waals surface area contributed by atoms with Crippen molar-refractivity contribution in [2.24, 2.45) is 0 Å². The Hall–Kier alpha value is -0.520. The van der Waals surface area contributed by atoms with Gasteiger partial charge in [0.15, 0.2) is 0 Å². The van der Waals surface area contributed by atoms with Crippen LogP contribution in [0.1, 0.15) is 24.8 Å². The van der Waals surface area contributed by atoms with E-state index in [9.17, 15) is 15.3 Å². The molecule has 0 saturated carbocycles. The minimum Gasteiger partial charge on any atom is -0.508 e. The van der Waals surface area contributed by atoms with Gasteiger partial charge in [-0.15, -0.1) is 0 Å². The van der Waals surface area contributed by atoms with Crippen molar-refractivity contribution < 1.29 is 15.3 Å². The van der Waals surface area contributed by atoms with Crippen LogP contribution in [0.2, 0.25) is 10.0 Å². The highest BCUT2D eigenvalue weighted by Crippen LogP contribution is 2.42. The predicted octanol–water partition coefficient (Wildman–Crippen LogP) is 2.19. The zero-order valence-corrected chi connectivity index (χ0v) is 12.1. The first-order valence-corrected chi connectivity index (χ1v) is 6.92. The summed E-state index contributed by atoms with van der Waals surface area (Å²) in [7, 11) is 0. The van der Waals surface area contributed by atoms with Gasteiger partial charge < -0.3 is 15.3 Å². The summed E-state index contributed by atoms with van der Waals surface area (Å²) in [5.74, 6) is -0.0136. The summed E-state index contributed by atoms with van der Waals surface area (Å²) in [5, 5.41) is 29.9. The molecule has 0 bridgehead atoms. The number of hydrogen-bond donors (Lipinski definition) is 3. The molecule has 19 heavy (non-hydrogen) atoms. The zero-order valence-electron chi connectivity index (χ0n) is 10.6. The first-order valence-electron chi connectivity index (χ1n) is 6.17. The lowest BCUT2D eigenvalue weighted by Crippen LogP contribution is -2.39. The third kappa shape index (κ3) is 2.83. The second-order valence-electron chi connectivity index (χ2n) is 4.94. The van der Waals surface area contributed by atoms with Crippen LogP contribution in [0.5, 0.6) is 5.75 Å². The van der Waals surface area contributed by atoms with Gasteiger partial charge in [-0.2, -0.15) is 0 Å². The summed E-state index contributed by atoms with van der Waals surface area (Å²) in [6.07, 6.45) is -0.195. The molecule has 0 aliphatic carbocycles. The molecule has 0 radical (unpaired) electrons. The summed E-state index contributed by atoms with van der Waals surface area (Å²) < 4.78 is 0. The number of aromatic hydroxyl groups is 1. The normalized spacial score (nSPS) is 25.7. The maximum absolute atomic E-state index is 10.0. The van der Waals surface area contributed by atoms with E-state index in [0.29, 0.717) is 28.6 Å². The van der Waals surface area contributed by atoms with E-state index in [0.717, 1.165) is 0 Å². The fraction of sp³-hybridized carbons (Fsp3) is 0.538. The number of likely N-dealkylation sites (tertiary alicyclic amines) is 1. The highest BCUT2D eigenvalue weighted by molar-refractivity contribution is 6.42. The van der Waals surface area contributed by atoms with Gasteiger partial charge in [0.25, 0.3) is 0 Å². The highest BCUT2D eigenvalue weighted by Gasteiger charge is 2.36. The lowest BCUT2D eigenvalue weighted by Gasteiger charge is -2.25. The van der Waals surface area contributed by atoms with Crippen molar-refractivity contribution in [3.8, 4) is 5.75 Å². The number of phenols is 1. The third-order valence-corrected chi connectivity index (χ3v) is 4.48. The maximum atomic E-state index is 10.0. The van der Waals surface area contributed by atoms with Crippen LogP contribution in [0.3, 0.4) is 0 Å². The topological polar surface area (TPSA) is 63.9 Å². The van der Waals surface area contributed by atoms with Crippen molar-refractivity contribution in [1.82, 2.24) is 4.90 Å². The van der Waals surface area contributed by atoms with E-state index in [2.05, 4.69) is 0 Å². The van der Waals surface area contributed by atoms with Crippen molar-refractivity contribution in [2.75, 3.05) is 13.2 Å². The summed E-state index contributed by atoms with van der Waals surface area (Å²) in [4.78, 5) is 1.79. The Bertz CT molecular complexity index is 469. The van der Waals surface area contributed by atoms with Crippen LogP contribution in [0, 0.1) is 0 Å². The molecule has 4 nitrogen and oxygen atoms in total. The van der Waals surface area contributed by atoms with Crippen LogP contribution in [0.4, 0.5) is 0 Å². The molecule has 6 heteroatoms. The molecule has 1 heterocycles. The fourth-order valence-electron chi connectivity index (χ4n) is 2.57.